The van der Waals surface area contributed by atoms with Gasteiger partial charge in [0.25, 0.3) is 11.8 Å². The molecule has 2 aromatic rings. The van der Waals surface area contributed by atoms with Crippen LogP contribution in [0.4, 0.5) is 0 Å². The van der Waals surface area contributed by atoms with Crippen LogP contribution in [-0.2, 0) is 4.79 Å². The molecular formula is C17H16ClN3O2. The molecule has 2 aromatic carbocycles. The largest absolute Gasteiger partial charge is 0.343 e. The third-order valence-electron chi connectivity index (χ3n) is 3.00. The van der Waals surface area contributed by atoms with Gasteiger partial charge in [-0.2, -0.15) is 5.10 Å². The molecule has 0 saturated carbocycles. The Hall–Kier alpha value is -2.66. The molecule has 2 N–H and O–H groups in total. The Kier molecular flexibility index (Phi) is 5.88. The summed E-state index contributed by atoms with van der Waals surface area (Å²) in [5.41, 5.74) is 4.82. The first kappa shape index (κ1) is 16.7. The SMILES string of the molecule is Cc1ccc(/C=N\NC(=O)CNC(=O)c2ccc(Cl)cc2)cc1. The van der Waals surface area contributed by atoms with Gasteiger partial charge in [-0.15, -0.1) is 0 Å². The molecule has 0 aliphatic carbocycles. The van der Waals surface area contributed by atoms with Crippen molar-refractivity contribution in [1.82, 2.24) is 10.7 Å². The highest BCUT2D eigenvalue weighted by atomic mass is 35.5. The van der Waals surface area contributed by atoms with E-state index in [9.17, 15) is 9.59 Å². The van der Waals surface area contributed by atoms with E-state index in [2.05, 4.69) is 15.8 Å². The lowest BCUT2D eigenvalue weighted by molar-refractivity contribution is -0.120. The fourth-order valence-corrected chi connectivity index (χ4v) is 1.86. The molecule has 0 saturated heterocycles. The van der Waals surface area contributed by atoms with Crippen LogP contribution in [0.1, 0.15) is 21.5 Å². The van der Waals surface area contributed by atoms with Gasteiger partial charge in [-0.05, 0) is 36.8 Å². The van der Waals surface area contributed by atoms with Crippen LogP contribution >= 0.6 is 11.6 Å². The van der Waals surface area contributed by atoms with E-state index in [4.69, 9.17) is 11.6 Å². The maximum Gasteiger partial charge on any atom is 0.259 e. The van der Waals surface area contributed by atoms with Crippen molar-refractivity contribution in [3.8, 4) is 0 Å². The number of hydrogen-bond donors (Lipinski definition) is 2. The van der Waals surface area contributed by atoms with E-state index in [-0.39, 0.29) is 12.5 Å². The molecule has 0 aliphatic rings. The Labute approximate surface area is 139 Å². The summed E-state index contributed by atoms with van der Waals surface area (Å²) in [5, 5.41) is 6.89. The zero-order valence-electron chi connectivity index (χ0n) is 12.5. The van der Waals surface area contributed by atoms with Gasteiger partial charge in [0, 0.05) is 10.6 Å². The van der Waals surface area contributed by atoms with Crippen LogP contribution < -0.4 is 10.7 Å². The standard InChI is InChI=1S/C17H16ClN3O2/c1-12-2-4-13(5-3-12)10-20-21-16(22)11-19-17(23)14-6-8-15(18)9-7-14/h2-10H,11H2,1H3,(H,19,23)(H,21,22)/b20-10-. The molecule has 6 heteroatoms. The molecule has 2 amide bonds. The Bertz CT molecular complexity index is 710. The molecule has 5 nitrogen and oxygen atoms in total. The molecule has 0 spiro atoms. The minimum absolute atomic E-state index is 0.160. The van der Waals surface area contributed by atoms with Gasteiger partial charge >= 0.3 is 0 Å². The normalized spacial score (nSPS) is 10.5. The lowest BCUT2D eigenvalue weighted by Gasteiger charge is -2.04. The minimum Gasteiger partial charge on any atom is -0.343 e. The highest BCUT2D eigenvalue weighted by Gasteiger charge is 2.07. The van der Waals surface area contributed by atoms with Crippen LogP contribution in [0.15, 0.2) is 53.6 Å². The molecule has 0 unspecified atom stereocenters. The molecule has 23 heavy (non-hydrogen) atoms. The molecule has 0 atom stereocenters. The summed E-state index contributed by atoms with van der Waals surface area (Å²) in [4.78, 5) is 23.4. The summed E-state index contributed by atoms with van der Waals surface area (Å²) in [5.74, 6) is -0.755. The third-order valence-corrected chi connectivity index (χ3v) is 3.25. The van der Waals surface area contributed by atoms with Gasteiger partial charge in [-0.1, -0.05) is 41.4 Å². The van der Waals surface area contributed by atoms with E-state index in [1.54, 1.807) is 30.5 Å². The quantitative estimate of drug-likeness (QED) is 0.653. The summed E-state index contributed by atoms with van der Waals surface area (Å²) in [6, 6.07) is 14.1. The predicted octanol–water partition coefficient (Wildman–Crippen LogP) is 2.53. The predicted molar refractivity (Wildman–Crippen MR) is 90.7 cm³/mol. The van der Waals surface area contributed by atoms with Gasteiger partial charge < -0.3 is 5.32 Å². The summed E-state index contributed by atoms with van der Waals surface area (Å²) in [6.07, 6.45) is 1.54. The van der Waals surface area contributed by atoms with Crippen molar-refractivity contribution in [3.05, 3.63) is 70.2 Å². The second kappa shape index (κ2) is 8.10. The molecule has 0 bridgehead atoms. The minimum atomic E-state index is -0.407. The van der Waals surface area contributed by atoms with Crippen molar-refractivity contribution in [2.45, 2.75) is 6.92 Å². The molecular weight excluding hydrogens is 314 g/mol. The summed E-state index contributed by atoms with van der Waals surface area (Å²) in [7, 11) is 0. The fraction of sp³-hybridized carbons (Fsp3) is 0.118. The van der Waals surface area contributed by atoms with E-state index in [0.29, 0.717) is 10.6 Å². The third kappa shape index (κ3) is 5.56. The Morgan fingerprint density at radius 3 is 2.39 bits per heavy atom. The maximum atomic E-state index is 11.8. The number of benzene rings is 2. The highest BCUT2D eigenvalue weighted by Crippen LogP contribution is 2.09. The number of hydrogen-bond acceptors (Lipinski definition) is 3. The average Bonchev–Trinajstić information content (AvgIpc) is 2.55. The Morgan fingerprint density at radius 1 is 1.09 bits per heavy atom. The second-order valence-electron chi connectivity index (χ2n) is 4.89. The van der Waals surface area contributed by atoms with E-state index in [1.165, 1.54) is 0 Å². The van der Waals surface area contributed by atoms with Crippen molar-refractivity contribution >= 4 is 29.6 Å². The summed E-state index contributed by atoms with van der Waals surface area (Å²) in [6.45, 7) is 1.83. The zero-order chi connectivity index (χ0) is 16.7. The van der Waals surface area contributed by atoms with Gasteiger partial charge in [-0.25, -0.2) is 5.43 Å². The van der Waals surface area contributed by atoms with Crippen molar-refractivity contribution in [2.24, 2.45) is 5.10 Å². The maximum absolute atomic E-state index is 11.8. The topological polar surface area (TPSA) is 70.6 Å². The smallest absolute Gasteiger partial charge is 0.259 e. The van der Waals surface area contributed by atoms with Crippen molar-refractivity contribution in [2.75, 3.05) is 6.54 Å². The number of aryl methyl sites for hydroxylation is 1. The molecule has 0 aromatic heterocycles. The zero-order valence-corrected chi connectivity index (χ0v) is 13.3. The molecule has 0 fully saturated rings. The number of carbonyl (C=O) groups is 2. The van der Waals surface area contributed by atoms with Crippen molar-refractivity contribution in [3.63, 3.8) is 0 Å². The van der Waals surface area contributed by atoms with Crippen LogP contribution in [0.2, 0.25) is 5.02 Å². The van der Waals surface area contributed by atoms with Crippen LogP contribution in [0, 0.1) is 6.92 Å². The van der Waals surface area contributed by atoms with Crippen LogP contribution in [0.3, 0.4) is 0 Å². The molecule has 0 radical (unpaired) electrons. The Morgan fingerprint density at radius 2 is 1.74 bits per heavy atom. The number of halogens is 1. The first-order chi connectivity index (χ1) is 11.0. The van der Waals surface area contributed by atoms with Crippen LogP contribution in [-0.4, -0.2) is 24.6 Å². The van der Waals surface area contributed by atoms with Gasteiger partial charge in [-0.3, -0.25) is 9.59 Å². The van der Waals surface area contributed by atoms with E-state index < -0.39 is 5.91 Å². The molecule has 118 valence electrons. The number of nitrogens with zero attached hydrogens (tertiary/aromatic N) is 1. The van der Waals surface area contributed by atoms with E-state index >= 15 is 0 Å². The van der Waals surface area contributed by atoms with Crippen molar-refractivity contribution < 1.29 is 9.59 Å². The van der Waals surface area contributed by atoms with Gasteiger partial charge in [0.2, 0.25) is 0 Å². The summed E-state index contributed by atoms with van der Waals surface area (Å²) < 4.78 is 0. The number of amides is 2. The molecule has 2 rings (SSSR count). The van der Waals surface area contributed by atoms with Crippen LogP contribution in [0.25, 0.3) is 0 Å². The lowest BCUT2D eigenvalue weighted by Crippen LogP contribution is -2.34. The Balaban J connectivity index is 1.77. The van der Waals surface area contributed by atoms with E-state index in [1.807, 2.05) is 31.2 Å². The van der Waals surface area contributed by atoms with E-state index in [0.717, 1.165) is 11.1 Å². The first-order valence-corrected chi connectivity index (χ1v) is 7.35. The lowest BCUT2D eigenvalue weighted by atomic mass is 10.2. The highest BCUT2D eigenvalue weighted by molar-refractivity contribution is 6.30. The van der Waals surface area contributed by atoms with Crippen LogP contribution in [0.5, 0.6) is 0 Å². The van der Waals surface area contributed by atoms with Gasteiger partial charge in [0.15, 0.2) is 0 Å². The average molecular weight is 330 g/mol. The second-order valence-corrected chi connectivity index (χ2v) is 5.33. The molecule has 0 aliphatic heterocycles. The number of nitrogens with one attached hydrogen (secondary N) is 2. The molecule has 0 heterocycles. The summed E-state index contributed by atoms with van der Waals surface area (Å²) >= 11 is 5.75. The number of carbonyl (C=O) groups excluding carboxylic acids is 2. The monoisotopic (exact) mass is 329 g/mol. The van der Waals surface area contributed by atoms with Gasteiger partial charge in [0.1, 0.15) is 0 Å². The number of hydrazone groups is 1. The first-order valence-electron chi connectivity index (χ1n) is 6.97. The number of rotatable bonds is 5. The van der Waals surface area contributed by atoms with Crippen molar-refractivity contribution in [1.29, 1.82) is 0 Å². The van der Waals surface area contributed by atoms with Gasteiger partial charge in [0.05, 0.1) is 12.8 Å². The fourth-order valence-electron chi connectivity index (χ4n) is 1.73.